The van der Waals surface area contributed by atoms with E-state index in [2.05, 4.69) is 5.32 Å². The number of hydrogen-bond donors (Lipinski definition) is 1. The number of rotatable bonds is 11. The molecule has 3 amide bonds. The molecule has 1 aliphatic rings. The fourth-order valence-corrected chi connectivity index (χ4v) is 5.85. The Morgan fingerprint density at radius 3 is 2.33 bits per heavy atom. The molecule has 0 aliphatic carbocycles. The maximum absolute atomic E-state index is 13.4. The molecular formula is C26H32ClN3O5S. The quantitative estimate of drug-likeness (QED) is 0.470. The fraction of sp³-hybridized carbons (Fsp3) is 0.423. The van der Waals surface area contributed by atoms with E-state index in [-0.39, 0.29) is 54.2 Å². The van der Waals surface area contributed by atoms with Gasteiger partial charge < -0.3 is 10.2 Å². The van der Waals surface area contributed by atoms with Crippen LogP contribution in [0.1, 0.15) is 62.4 Å². The highest BCUT2D eigenvalue weighted by molar-refractivity contribution is 7.90. The van der Waals surface area contributed by atoms with E-state index in [1.165, 1.54) is 17.0 Å². The molecule has 0 spiro atoms. The number of nitrogens with zero attached hydrogens (tertiary/aromatic N) is 2. The van der Waals surface area contributed by atoms with E-state index in [1.54, 1.807) is 36.4 Å². The second-order valence-corrected chi connectivity index (χ2v) is 11.1. The molecule has 1 N–H and O–H groups in total. The van der Waals surface area contributed by atoms with Gasteiger partial charge in [-0.1, -0.05) is 49.7 Å². The van der Waals surface area contributed by atoms with Gasteiger partial charge in [-0.25, -0.2) is 12.7 Å². The lowest BCUT2D eigenvalue weighted by molar-refractivity contribution is -0.141. The second-order valence-electron chi connectivity index (χ2n) is 8.87. The molecule has 0 aromatic heterocycles. The normalized spacial score (nSPS) is 15.8. The van der Waals surface area contributed by atoms with E-state index in [0.717, 1.165) is 16.3 Å². The Hall–Kier alpha value is -2.91. The van der Waals surface area contributed by atoms with E-state index < -0.39 is 22.0 Å². The van der Waals surface area contributed by atoms with Crippen molar-refractivity contribution in [2.75, 3.05) is 6.54 Å². The number of amides is 3. The van der Waals surface area contributed by atoms with Gasteiger partial charge in [0.2, 0.25) is 11.8 Å². The highest BCUT2D eigenvalue weighted by Crippen LogP contribution is 2.30. The number of halogens is 1. The Balaban J connectivity index is 1.74. The summed E-state index contributed by atoms with van der Waals surface area (Å²) in [4.78, 5) is 40.6. The summed E-state index contributed by atoms with van der Waals surface area (Å²) in [5.41, 5.74) is 0.955. The van der Waals surface area contributed by atoms with Gasteiger partial charge in [0.1, 0.15) is 10.9 Å². The Morgan fingerprint density at radius 2 is 1.72 bits per heavy atom. The predicted octanol–water partition coefficient (Wildman–Crippen LogP) is 3.99. The standard InChI is InChI=1S/C26H32ClN3O5S/c1-4-18(3)28-25(32)22(5-2)29(17-19-12-14-20(27)15-13-19)24(31)11-8-16-30-26(33)21-9-6-7-10-23(21)36(30,34)35/h6-7,9-10,12-15,18,22H,4-5,8,11,16-17H2,1-3H3,(H,28,32)/t18-,22-/m1/s1. The topological polar surface area (TPSA) is 104 Å². The first-order valence-electron chi connectivity index (χ1n) is 12.1. The van der Waals surface area contributed by atoms with Crippen LogP contribution in [0.4, 0.5) is 0 Å². The van der Waals surface area contributed by atoms with Crippen molar-refractivity contribution in [3.05, 3.63) is 64.7 Å². The first-order valence-corrected chi connectivity index (χ1v) is 13.9. The van der Waals surface area contributed by atoms with Crippen molar-refractivity contribution >= 4 is 39.3 Å². The highest BCUT2D eigenvalue weighted by atomic mass is 35.5. The third-order valence-electron chi connectivity index (χ3n) is 6.32. The van der Waals surface area contributed by atoms with Gasteiger partial charge in [0, 0.05) is 30.6 Å². The van der Waals surface area contributed by atoms with Crippen molar-refractivity contribution in [3.8, 4) is 0 Å². The van der Waals surface area contributed by atoms with E-state index in [1.807, 2.05) is 20.8 Å². The summed E-state index contributed by atoms with van der Waals surface area (Å²) < 4.78 is 26.4. The lowest BCUT2D eigenvalue weighted by Gasteiger charge is -2.31. The Labute approximate surface area is 217 Å². The zero-order valence-electron chi connectivity index (χ0n) is 20.7. The third kappa shape index (κ3) is 6.07. The maximum Gasteiger partial charge on any atom is 0.269 e. The lowest BCUT2D eigenvalue weighted by Crippen LogP contribution is -2.50. The Bertz CT molecular complexity index is 1220. The molecule has 0 radical (unpaired) electrons. The van der Waals surface area contributed by atoms with Crippen LogP contribution >= 0.6 is 11.6 Å². The molecule has 2 aromatic carbocycles. The summed E-state index contributed by atoms with van der Waals surface area (Å²) in [6, 6.07) is 12.4. The van der Waals surface area contributed by atoms with Gasteiger partial charge in [-0.15, -0.1) is 0 Å². The van der Waals surface area contributed by atoms with Gasteiger partial charge in [-0.3, -0.25) is 14.4 Å². The smallest absolute Gasteiger partial charge is 0.269 e. The summed E-state index contributed by atoms with van der Waals surface area (Å²) in [6.45, 7) is 5.80. The largest absolute Gasteiger partial charge is 0.352 e. The fourth-order valence-electron chi connectivity index (χ4n) is 4.12. The molecule has 0 unspecified atom stereocenters. The third-order valence-corrected chi connectivity index (χ3v) is 8.41. The number of fused-ring (bicyclic) bond motifs is 1. The first kappa shape index (κ1) is 27.7. The van der Waals surface area contributed by atoms with E-state index in [0.29, 0.717) is 11.4 Å². The van der Waals surface area contributed by atoms with Crippen LogP contribution in [0.3, 0.4) is 0 Å². The zero-order valence-corrected chi connectivity index (χ0v) is 22.3. The first-order chi connectivity index (χ1) is 17.1. The van der Waals surface area contributed by atoms with Crippen LogP contribution < -0.4 is 5.32 Å². The van der Waals surface area contributed by atoms with E-state index in [9.17, 15) is 22.8 Å². The summed E-state index contributed by atoms with van der Waals surface area (Å²) in [5.74, 6) is -1.12. The van der Waals surface area contributed by atoms with Crippen LogP contribution in [-0.2, 0) is 26.2 Å². The molecule has 10 heteroatoms. The number of hydrogen-bond acceptors (Lipinski definition) is 5. The molecule has 2 aromatic rings. The SMILES string of the molecule is CC[C@@H](C)NC(=O)[C@@H](CC)N(Cc1ccc(Cl)cc1)C(=O)CCCN1C(=O)c2ccccc2S1(=O)=O. The van der Waals surface area contributed by atoms with Crippen molar-refractivity contribution in [2.24, 2.45) is 0 Å². The lowest BCUT2D eigenvalue weighted by atomic mass is 10.1. The summed E-state index contributed by atoms with van der Waals surface area (Å²) >= 11 is 6.00. The molecule has 1 heterocycles. The molecule has 0 bridgehead atoms. The summed E-state index contributed by atoms with van der Waals surface area (Å²) in [7, 11) is -3.93. The monoisotopic (exact) mass is 533 g/mol. The molecule has 3 rings (SSSR count). The average Bonchev–Trinajstić information content (AvgIpc) is 3.05. The predicted molar refractivity (Wildman–Crippen MR) is 138 cm³/mol. The molecule has 36 heavy (non-hydrogen) atoms. The Kier molecular flexibility index (Phi) is 9.13. The number of carbonyl (C=O) groups is 3. The van der Waals surface area contributed by atoms with E-state index >= 15 is 0 Å². The molecule has 2 atom stereocenters. The number of sulfonamides is 1. The Morgan fingerprint density at radius 1 is 1.06 bits per heavy atom. The van der Waals surface area contributed by atoms with Crippen LogP contribution in [0.5, 0.6) is 0 Å². The average molecular weight is 534 g/mol. The van der Waals surface area contributed by atoms with E-state index in [4.69, 9.17) is 11.6 Å². The zero-order chi connectivity index (χ0) is 26.5. The van der Waals surface area contributed by atoms with Gasteiger partial charge in [-0.05, 0) is 56.0 Å². The second kappa shape index (κ2) is 11.9. The van der Waals surface area contributed by atoms with Gasteiger partial charge in [-0.2, -0.15) is 0 Å². The van der Waals surface area contributed by atoms with Crippen molar-refractivity contribution in [1.82, 2.24) is 14.5 Å². The minimum Gasteiger partial charge on any atom is -0.352 e. The van der Waals surface area contributed by atoms with Crippen LogP contribution in [0.2, 0.25) is 5.02 Å². The molecular weight excluding hydrogens is 502 g/mol. The molecule has 1 aliphatic heterocycles. The van der Waals surface area contributed by atoms with Crippen LogP contribution in [-0.4, -0.2) is 54.0 Å². The molecule has 0 saturated carbocycles. The van der Waals surface area contributed by atoms with Gasteiger partial charge in [0.15, 0.2) is 0 Å². The van der Waals surface area contributed by atoms with Crippen LogP contribution in [0.15, 0.2) is 53.4 Å². The number of nitrogens with one attached hydrogen (secondary N) is 1. The van der Waals surface area contributed by atoms with Crippen molar-refractivity contribution in [2.45, 2.75) is 70.0 Å². The molecule has 0 fully saturated rings. The highest BCUT2D eigenvalue weighted by Gasteiger charge is 2.40. The van der Waals surface area contributed by atoms with Crippen molar-refractivity contribution in [1.29, 1.82) is 0 Å². The minimum atomic E-state index is -3.93. The summed E-state index contributed by atoms with van der Waals surface area (Å²) in [6.07, 6.45) is 1.29. The minimum absolute atomic E-state index is 0.0153. The van der Waals surface area contributed by atoms with Crippen molar-refractivity contribution < 1.29 is 22.8 Å². The van der Waals surface area contributed by atoms with Gasteiger partial charge in [0.25, 0.3) is 15.9 Å². The van der Waals surface area contributed by atoms with Crippen molar-refractivity contribution in [3.63, 3.8) is 0 Å². The van der Waals surface area contributed by atoms with Crippen LogP contribution in [0, 0.1) is 0 Å². The molecule has 0 saturated heterocycles. The summed E-state index contributed by atoms with van der Waals surface area (Å²) in [5, 5.41) is 3.52. The molecule has 8 nitrogen and oxygen atoms in total. The maximum atomic E-state index is 13.4. The van der Waals surface area contributed by atoms with Crippen LogP contribution in [0.25, 0.3) is 0 Å². The molecule has 194 valence electrons. The van der Waals surface area contributed by atoms with Gasteiger partial charge >= 0.3 is 0 Å². The van der Waals surface area contributed by atoms with Gasteiger partial charge in [0.05, 0.1) is 5.56 Å². The number of carbonyl (C=O) groups excluding carboxylic acids is 3. The number of benzene rings is 2.